The van der Waals surface area contributed by atoms with Crippen molar-refractivity contribution in [3.63, 3.8) is 0 Å². The first-order chi connectivity index (χ1) is 15.8. The van der Waals surface area contributed by atoms with Crippen molar-refractivity contribution in [3.05, 3.63) is 71.6 Å². The summed E-state index contributed by atoms with van der Waals surface area (Å²) < 4.78 is 8.43. The number of nitrogens with zero attached hydrogens (tertiary/aromatic N) is 3. The van der Waals surface area contributed by atoms with Crippen LogP contribution >= 0.6 is 0 Å². The fraction of sp³-hybridized carbons (Fsp3) is 0.259. The van der Waals surface area contributed by atoms with Gasteiger partial charge in [0, 0.05) is 67.6 Å². The molecule has 0 atom stereocenters. The number of aliphatic hydroxyl groups is 1. The highest BCUT2D eigenvalue weighted by atomic mass is 16.3. The molecule has 170 valence electrons. The summed E-state index contributed by atoms with van der Waals surface area (Å²) in [5.74, 6) is 0.627. The van der Waals surface area contributed by atoms with E-state index in [-0.39, 0.29) is 19.1 Å². The van der Waals surface area contributed by atoms with E-state index in [1.165, 1.54) is 0 Å². The van der Waals surface area contributed by atoms with Gasteiger partial charge < -0.3 is 19.3 Å². The maximum atomic E-state index is 13.3. The lowest BCUT2D eigenvalue weighted by Crippen LogP contribution is -2.29. The first-order valence-corrected chi connectivity index (χ1v) is 11.0. The Morgan fingerprint density at radius 1 is 0.970 bits per heavy atom. The lowest BCUT2D eigenvalue weighted by Gasteiger charge is -2.21. The van der Waals surface area contributed by atoms with Gasteiger partial charge in [0.05, 0.1) is 12.7 Å². The SMILES string of the molecule is CN(CCO)C(=O)c1ccccc1-c1c2ccc(=[N+](C)C)cc-2oc2cc(N(C)C)ccc12. The number of aliphatic hydroxyl groups excluding tert-OH is 1. The van der Waals surface area contributed by atoms with Crippen molar-refractivity contribution in [2.24, 2.45) is 0 Å². The highest BCUT2D eigenvalue weighted by Gasteiger charge is 2.23. The number of hydrogen-bond acceptors (Lipinski definition) is 4. The van der Waals surface area contributed by atoms with Crippen molar-refractivity contribution >= 4 is 22.6 Å². The number of hydrogen-bond donors (Lipinski definition) is 1. The largest absolute Gasteiger partial charge is 0.456 e. The third-order valence-electron chi connectivity index (χ3n) is 5.93. The molecule has 1 aliphatic carbocycles. The number of fused-ring (bicyclic) bond motifs is 2. The van der Waals surface area contributed by atoms with Crippen molar-refractivity contribution in [2.45, 2.75) is 0 Å². The lowest BCUT2D eigenvalue weighted by molar-refractivity contribution is 0.0767. The van der Waals surface area contributed by atoms with Crippen LogP contribution in [0.5, 0.6) is 0 Å². The molecule has 33 heavy (non-hydrogen) atoms. The first kappa shape index (κ1) is 22.6. The second-order valence-corrected chi connectivity index (χ2v) is 8.62. The lowest BCUT2D eigenvalue weighted by atomic mass is 9.90. The fourth-order valence-electron chi connectivity index (χ4n) is 4.06. The van der Waals surface area contributed by atoms with Gasteiger partial charge in [-0.15, -0.1) is 0 Å². The number of anilines is 1. The molecule has 2 aromatic rings. The molecular weight excluding hydrogens is 414 g/mol. The molecule has 1 amide bonds. The molecule has 6 nitrogen and oxygen atoms in total. The summed E-state index contributed by atoms with van der Waals surface area (Å²) in [7, 11) is 9.70. The maximum Gasteiger partial charge on any atom is 0.254 e. The molecule has 0 radical (unpaired) electrons. The van der Waals surface area contributed by atoms with Crippen LogP contribution in [-0.2, 0) is 0 Å². The summed E-state index contributed by atoms with van der Waals surface area (Å²) in [4.78, 5) is 16.9. The van der Waals surface area contributed by atoms with E-state index in [4.69, 9.17) is 4.42 Å². The van der Waals surface area contributed by atoms with Crippen molar-refractivity contribution in [1.82, 2.24) is 9.48 Å². The van der Waals surface area contributed by atoms with Crippen molar-refractivity contribution in [1.29, 1.82) is 0 Å². The van der Waals surface area contributed by atoms with Crippen LogP contribution in [0, 0.1) is 0 Å². The Balaban J connectivity index is 2.09. The summed E-state index contributed by atoms with van der Waals surface area (Å²) in [6.07, 6.45) is 0. The zero-order valence-electron chi connectivity index (χ0n) is 19.8. The first-order valence-electron chi connectivity index (χ1n) is 11.0. The monoisotopic (exact) mass is 444 g/mol. The van der Waals surface area contributed by atoms with Gasteiger partial charge in [0.15, 0.2) is 0 Å². The normalized spacial score (nSPS) is 11.1. The summed E-state index contributed by atoms with van der Waals surface area (Å²) in [5.41, 5.74) is 5.13. The minimum absolute atomic E-state index is 0.0822. The van der Waals surface area contributed by atoms with Gasteiger partial charge in [0.2, 0.25) is 5.36 Å². The van der Waals surface area contributed by atoms with Gasteiger partial charge in [-0.2, -0.15) is 0 Å². The number of carbonyl (C=O) groups is 1. The van der Waals surface area contributed by atoms with Gasteiger partial charge >= 0.3 is 0 Å². The van der Waals surface area contributed by atoms with Crippen LogP contribution < -0.4 is 14.8 Å². The van der Waals surface area contributed by atoms with Crippen LogP contribution in [0.4, 0.5) is 5.69 Å². The van der Waals surface area contributed by atoms with Gasteiger partial charge in [-0.3, -0.25) is 4.79 Å². The molecule has 1 aliphatic heterocycles. The molecule has 0 unspecified atom stereocenters. The summed E-state index contributed by atoms with van der Waals surface area (Å²) >= 11 is 0. The van der Waals surface area contributed by atoms with Crippen LogP contribution in [-0.4, -0.2) is 64.3 Å². The minimum Gasteiger partial charge on any atom is -0.456 e. The van der Waals surface area contributed by atoms with Crippen molar-refractivity contribution in [3.8, 4) is 22.5 Å². The Labute approximate surface area is 194 Å². The van der Waals surface area contributed by atoms with Gasteiger partial charge in [-0.05, 0) is 29.8 Å². The Kier molecular flexibility index (Phi) is 6.20. The van der Waals surface area contributed by atoms with E-state index in [0.29, 0.717) is 5.56 Å². The minimum atomic E-state index is -0.128. The molecule has 2 aromatic carbocycles. The molecule has 0 bridgehead atoms. The molecule has 2 aliphatic rings. The number of rotatable bonds is 5. The highest BCUT2D eigenvalue weighted by Crippen LogP contribution is 2.42. The smallest absolute Gasteiger partial charge is 0.254 e. The van der Waals surface area contributed by atoms with E-state index < -0.39 is 0 Å². The zero-order valence-corrected chi connectivity index (χ0v) is 19.8. The Bertz CT molecular complexity index is 1370. The van der Waals surface area contributed by atoms with Crippen LogP contribution in [0.1, 0.15) is 10.4 Å². The Morgan fingerprint density at radius 3 is 2.42 bits per heavy atom. The van der Waals surface area contributed by atoms with Crippen LogP contribution in [0.3, 0.4) is 0 Å². The van der Waals surface area contributed by atoms with E-state index >= 15 is 0 Å². The second kappa shape index (κ2) is 9.08. The molecule has 0 saturated carbocycles. The topological polar surface area (TPSA) is 59.9 Å². The standard InChI is InChI=1S/C27H30N3O3/c1-28(2)18-10-12-22-24(16-18)33-25-17-19(29(3)4)11-13-23(25)26(22)20-8-6-7-9-21(20)27(32)30(5)14-15-31/h6-13,16-17,31H,14-15H2,1-5H3/q+1. The summed E-state index contributed by atoms with van der Waals surface area (Å²) in [6, 6.07) is 19.9. The quantitative estimate of drug-likeness (QED) is 0.379. The van der Waals surface area contributed by atoms with Crippen molar-refractivity contribution < 1.29 is 14.3 Å². The average Bonchev–Trinajstić information content (AvgIpc) is 2.81. The van der Waals surface area contributed by atoms with E-state index in [2.05, 4.69) is 24.3 Å². The Hall–Kier alpha value is -3.64. The predicted molar refractivity (Wildman–Crippen MR) is 134 cm³/mol. The van der Waals surface area contributed by atoms with Gasteiger partial charge in [0.25, 0.3) is 5.91 Å². The van der Waals surface area contributed by atoms with Crippen molar-refractivity contribution in [2.75, 3.05) is 53.3 Å². The maximum absolute atomic E-state index is 13.3. The van der Waals surface area contributed by atoms with E-state index in [1.54, 1.807) is 11.9 Å². The van der Waals surface area contributed by atoms with Gasteiger partial charge in [0.1, 0.15) is 25.4 Å². The van der Waals surface area contributed by atoms with E-state index in [1.807, 2.05) is 74.1 Å². The number of benzene rings is 3. The molecule has 6 heteroatoms. The van der Waals surface area contributed by atoms with E-state index in [9.17, 15) is 9.90 Å². The third kappa shape index (κ3) is 4.22. The molecule has 1 N–H and O–H groups in total. The summed E-state index contributed by atoms with van der Waals surface area (Å²) in [6.45, 7) is 0.193. The summed E-state index contributed by atoms with van der Waals surface area (Å²) in [5, 5.41) is 11.3. The average molecular weight is 445 g/mol. The predicted octanol–water partition coefficient (Wildman–Crippen LogP) is 3.37. The molecule has 0 aromatic heterocycles. The molecule has 0 saturated heterocycles. The molecule has 0 spiro atoms. The molecule has 0 fully saturated rings. The number of carbonyl (C=O) groups excluding carboxylic acids is 1. The highest BCUT2D eigenvalue weighted by molar-refractivity contribution is 6.09. The molecular formula is C27H30N3O3+. The number of likely N-dealkylation sites (N-methyl/N-ethyl adjacent to an activating group) is 1. The van der Waals surface area contributed by atoms with Crippen LogP contribution in [0.15, 0.2) is 65.1 Å². The second-order valence-electron chi connectivity index (χ2n) is 8.62. The molecule has 4 rings (SSSR count). The third-order valence-corrected chi connectivity index (χ3v) is 5.93. The zero-order chi connectivity index (χ0) is 23.7. The molecule has 1 heterocycles. The van der Waals surface area contributed by atoms with Crippen LogP contribution in [0.25, 0.3) is 33.4 Å². The fourth-order valence-corrected chi connectivity index (χ4v) is 4.06. The van der Waals surface area contributed by atoms with E-state index in [0.717, 1.165) is 44.5 Å². The van der Waals surface area contributed by atoms with Gasteiger partial charge in [-0.1, -0.05) is 18.2 Å². The van der Waals surface area contributed by atoms with Gasteiger partial charge in [-0.25, -0.2) is 4.58 Å². The van der Waals surface area contributed by atoms with Crippen LogP contribution in [0.2, 0.25) is 0 Å². The Morgan fingerprint density at radius 2 is 1.73 bits per heavy atom. The number of amides is 1.